The molecular formula is C37H20N8O4. The van der Waals surface area contributed by atoms with Crippen LogP contribution in [-0.4, -0.2) is 35.9 Å². The van der Waals surface area contributed by atoms with E-state index in [0.29, 0.717) is 56.1 Å². The Hall–Kier alpha value is -7.21. The summed E-state index contributed by atoms with van der Waals surface area (Å²) in [5.74, 6) is 0.551. The molecule has 0 N–H and O–H groups in total. The smallest absolute Gasteiger partial charge is 0.227 e. The number of fused-ring (bicyclic) bond motifs is 4. The van der Waals surface area contributed by atoms with Gasteiger partial charge < -0.3 is 9.32 Å². The minimum atomic E-state index is 0.519. The van der Waals surface area contributed by atoms with Gasteiger partial charge in [0.25, 0.3) is 0 Å². The molecular weight excluding hydrogens is 620 g/mol. The van der Waals surface area contributed by atoms with Gasteiger partial charge in [-0.2, -0.15) is 0 Å². The lowest BCUT2D eigenvalue weighted by Crippen LogP contribution is -2.12. The molecule has 0 fully saturated rings. The molecule has 232 valence electrons. The third-order valence-corrected chi connectivity index (χ3v) is 8.60. The Morgan fingerprint density at radius 2 is 0.939 bits per heavy atom. The summed E-state index contributed by atoms with van der Waals surface area (Å²) in [4.78, 5) is 6.60. The average Bonchev–Trinajstić information content (AvgIpc) is 3.98. The summed E-state index contributed by atoms with van der Waals surface area (Å²) in [6.45, 7) is 0. The Labute approximate surface area is 275 Å². The summed E-state index contributed by atoms with van der Waals surface area (Å²) in [5.41, 5.74) is 11.4. The van der Waals surface area contributed by atoms with Crippen molar-refractivity contribution in [3.8, 4) is 33.7 Å². The molecule has 0 bridgehead atoms. The number of anilines is 3. The van der Waals surface area contributed by atoms with Crippen LogP contribution >= 0.6 is 0 Å². The van der Waals surface area contributed by atoms with Crippen LogP contribution in [0.2, 0.25) is 0 Å². The highest BCUT2D eigenvalue weighted by molar-refractivity contribution is 6.09. The summed E-state index contributed by atoms with van der Waals surface area (Å²) in [7, 11) is 0. The molecule has 0 saturated heterocycles. The molecule has 0 spiro atoms. The van der Waals surface area contributed by atoms with E-state index in [4.69, 9.17) is 18.3 Å². The maximum absolute atomic E-state index is 5.98. The third-order valence-electron chi connectivity index (χ3n) is 8.60. The van der Waals surface area contributed by atoms with Gasteiger partial charge in [0.2, 0.25) is 5.89 Å². The van der Waals surface area contributed by atoms with Crippen LogP contribution in [-0.2, 0) is 0 Å². The van der Waals surface area contributed by atoms with Gasteiger partial charge in [-0.05, 0) is 103 Å². The maximum atomic E-state index is 5.98. The van der Waals surface area contributed by atoms with Crippen LogP contribution in [0.4, 0.5) is 17.1 Å². The average molecular weight is 641 g/mol. The normalized spacial score (nSPS) is 11.7. The van der Waals surface area contributed by atoms with Gasteiger partial charge in [-0.3, -0.25) is 0 Å². The molecule has 4 heterocycles. The van der Waals surface area contributed by atoms with Crippen LogP contribution in [0.1, 0.15) is 0 Å². The minimum Gasteiger partial charge on any atom is -0.436 e. The molecule has 0 atom stereocenters. The highest BCUT2D eigenvalue weighted by Crippen LogP contribution is 2.45. The Balaban J connectivity index is 1.13. The molecule has 0 aliphatic rings. The van der Waals surface area contributed by atoms with Crippen molar-refractivity contribution in [2.45, 2.75) is 0 Å². The molecule has 0 aliphatic carbocycles. The first-order valence-electron chi connectivity index (χ1n) is 15.3. The van der Waals surface area contributed by atoms with Crippen LogP contribution in [0.25, 0.3) is 77.9 Å². The molecule has 10 rings (SSSR count). The van der Waals surface area contributed by atoms with E-state index >= 15 is 0 Å². The predicted octanol–water partition coefficient (Wildman–Crippen LogP) is 8.91. The molecule has 6 aromatic carbocycles. The van der Waals surface area contributed by atoms with Gasteiger partial charge in [-0.1, -0.05) is 60.7 Å². The van der Waals surface area contributed by atoms with E-state index in [2.05, 4.69) is 35.9 Å². The van der Waals surface area contributed by atoms with Crippen molar-refractivity contribution in [1.82, 2.24) is 35.9 Å². The quantitative estimate of drug-likeness (QED) is 0.171. The van der Waals surface area contributed by atoms with Gasteiger partial charge in [0, 0.05) is 16.7 Å². The number of para-hydroxylation sites is 2. The number of hydrogen-bond acceptors (Lipinski definition) is 12. The second-order valence-corrected chi connectivity index (χ2v) is 11.4. The van der Waals surface area contributed by atoms with Gasteiger partial charge >= 0.3 is 0 Å². The molecule has 10 aromatic rings. The number of nitrogens with zero attached hydrogens (tertiary/aromatic N) is 8. The van der Waals surface area contributed by atoms with Crippen molar-refractivity contribution in [2.75, 3.05) is 4.90 Å². The molecule has 12 nitrogen and oxygen atoms in total. The van der Waals surface area contributed by atoms with E-state index in [9.17, 15) is 0 Å². The number of hydrogen-bond donors (Lipinski definition) is 0. The first-order valence-corrected chi connectivity index (χ1v) is 15.3. The van der Waals surface area contributed by atoms with E-state index in [-0.39, 0.29) is 0 Å². The van der Waals surface area contributed by atoms with E-state index < -0.39 is 0 Å². The van der Waals surface area contributed by atoms with Crippen molar-refractivity contribution in [2.24, 2.45) is 0 Å². The second-order valence-electron chi connectivity index (χ2n) is 11.4. The monoisotopic (exact) mass is 640 g/mol. The lowest BCUT2D eigenvalue weighted by Gasteiger charge is -2.25. The fourth-order valence-corrected chi connectivity index (χ4v) is 6.30. The van der Waals surface area contributed by atoms with Gasteiger partial charge in [-0.15, -0.1) is 0 Å². The van der Waals surface area contributed by atoms with Crippen LogP contribution in [0, 0.1) is 0 Å². The van der Waals surface area contributed by atoms with Crippen LogP contribution < -0.4 is 4.90 Å². The summed E-state index contributed by atoms with van der Waals surface area (Å²) in [5, 5.41) is 25.8. The van der Waals surface area contributed by atoms with E-state index in [1.165, 1.54) is 0 Å². The number of benzene rings is 6. The lowest BCUT2D eigenvalue weighted by atomic mass is 10.00. The fourth-order valence-electron chi connectivity index (χ4n) is 6.30. The number of rotatable bonds is 6. The highest BCUT2D eigenvalue weighted by Gasteiger charge is 2.27. The van der Waals surface area contributed by atoms with Crippen molar-refractivity contribution in [3.63, 3.8) is 0 Å². The number of aromatic nitrogens is 7. The van der Waals surface area contributed by atoms with Crippen molar-refractivity contribution in [3.05, 3.63) is 121 Å². The predicted molar refractivity (Wildman–Crippen MR) is 181 cm³/mol. The van der Waals surface area contributed by atoms with Gasteiger partial charge in [0.15, 0.2) is 22.1 Å². The van der Waals surface area contributed by atoms with E-state index in [1.807, 2.05) is 126 Å². The Kier molecular flexibility index (Phi) is 5.87. The Bertz CT molecular complexity index is 2770. The van der Waals surface area contributed by atoms with Crippen LogP contribution in [0.3, 0.4) is 0 Å². The molecule has 0 aliphatic heterocycles. The standard InChI is InChI=1S/C37H20N8O4/c1-2-7-21(8-3-1)24-17-19-29(35-32(24)40-48-43-35)45(28-11-6-10-27-34(28)42-47-39-27)30-20-18-25(33-36(30)44-49-41-33)22-13-15-23(16-14-22)37-38-26-9-4-5-12-31(26)46-37/h1-20H. The summed E-state index contributed by atoms with van der Waals surface area (Å²) >= 11 is 0. The molecule has 0 amide bonds. The zero-order valence-electron chi connectivity index (χ0n) is 25.3. The van der Waals surface area contributed by atoms with Crippen molar-refractivity contribution < 1.29 is 18.3 Å². The third kappa shape index (κ3) is 4.28. The topological polar surface area (TPSA) is 146 Å². The summed E-state index contributed by atoms with van der Waals surface area (Å²) < 4.78 is 21.9. The van der Waals surface area contributed by atoms with Crippen molar-refractivity contribution in [1.29, 1.82) is 0 Å². The molecule has 12 heteroatoms. The van der Waals surface area contributed by atoms with E-state index in [1.54, 1.807) is 0 Å². The molecule has 0 radical (unpaired) electrons. The molecule has 0 saturated carbocycles. The largest absolute Gasteiger partial charge is 0.436 e. The van der Waals surface area contributed by atoms with Gasteiger partial charge in [0.05, 0.1) is 17.1 Å². The summed E-state index contributed by atoms with van der Waals surface area (Å²) in [6.07, 6.45) is 0. The van der Waals surface area contributed by atoms with Gasteiger partial charge in [-0.25, -0.2) is 18.9 Å². The zero-order chi connectivity index (χ0) is 32.3. The maximum Gasteiger partial charge on any atom is 0.227 e. The van der Waals surface area contributed by atoms with Crippen LogP contribution in [0.15, 0.2) is 140 Å². The zero-order valence-corrected chi connectivity index (χ0v) is 25.3. The second kappa shape index (κ2) is 10.7. The fraction of sp³-hybridized carbons (Fsp3) is 0. The first-order chi connectivity index (χ1) is 24.3. The molecule has 4 aromatic heterocycles. The SMILES string of the molecule is c1ccc(-c2ccc(N(c3cccc4nonc34)c3ccc(-c4ccc(-c5nc6ccccc6o5)cc4)c4nonc34)c3nonc23)cc1. The van der Waals surface area contributed by atoms with Crippen molar-refractivity contribution >= 4 is 61.3 Å². The van der Waals surface area contributed by atoms with Gasteiger partial charge in [0.1, 0.15) is 22.1 Å². The highest BCUT2D eigenvalue weighted by atomic mass is 16.6. The number of oxazole rings is 1. The van der Waals surface area contributed by atoms with Crippen LogP contribution in [0.5, 0.6) is 0 Å². The molecule has 0 unspecified atom stereocenters. The lowest BCUT2D eigenvalue weighted by molar-refractivity contribution is 0.315. The molecule has 49 heavy (non-hydrogen) atoms. The Morgan fingerprint density at radius 3 is 1.65 bits per heavy atom. The van der Waals surface area contributed by atoms with E-state index in [0.717, 1.165) is 38.9 Å². The summed E-state index contributed by atoms with van der Waals surface area (Å²) in [6, 6.07) is 39.2. The Morgan fingerprint density at radius 1 is 0.388 bits per heavy atom. The minimum absolute atomic E-state index is 0.519. The first kappa shape index (κ1) is 27.0.